The highest BCUT2D eigenvalue weighted by atomic mass is 32.2. The molecule has 0 aromatic rings. The maximum Gasteiger partial charge on any atom is 0.0285 e. The zero-order valence-electron chi connectivity index (χ0n) is 10.6. The molecule has 2 unspecified atom stereocenters. The van der Waals surface area contributed by atoms with Crippen LogP contribution in [0, 0.1) is 5.92 Å². The van der Waals surface area contributed by atoms with E-state index in [4.69, 9.17) is 0 Å². The lowest BCUT2D eigenvalue weighted by Gasteiger charge is -2.29. The summed E-state index contributed by atoms with van der Waals surface area (Å²) in [6.45, 7) is 6.25. The molecular formula is C12H25N3S. The highest BCUT2D eigenvalue weighted by Gasteiger charge is 2.22. The zero-order chi connectivity index (χ0) is 11.4. The van der Waals surface area contributed by atoms with Crippen LogP contribution >= 0.6 is 11.8 Å². The highest BCUT2D eigenvalue weighted by molar-refractivity contribution is 7.99. The summed E-state index contributed by atoms with van der Waals surface area (Å²) in [4.78, 5) is 4.97. The summed E-state index contributed by atoms with van der Waals surface area (Å²) >= 11 is 2.09. The van der Waals surface area contributed by atoms with Crippen molar-refractivity contribution in [3.63, 3.8) is 0 Å². The van der Waals surface area contributed by atoms with Gasteiger partial charge >= 0.3 is 0 Å². The van der Waals surface area contributed by atoms with Crippen LogP contribution in [-0.4, -0.2) is 74.2 Å². The van der Waals surface area contributed by atoms with Gasteiger partial charge < -0.3 is 15.1 Å². The van der Waals surface area contributed by atoms with Crippen LogP contribution < -0.4 is 5.32 Å². The zero-order valence-corrected chi connectivity index (χ0v) is 11.4. The van der Waals surface area contributed by atoms with Gasteiger partial charge in [-0.1, -0.05) is 0 Å². The fourth-order valence-electron chi connectivity index (χ4n) is 2.80. The van der Waals surface area contributed by atoms with E-state index in [1.54, 1.807) is 0 Å². The van der Waals surface area contributed by atoms with E-state index in [9.17, 15) is 0 Å². The fourth-order valence-corrected chi connectivity index (χ4v) is 3.74. The van der Waals surface area contributed by atoms with Gasteiger partial charge in [-0.3, -0.25) is 0 Å². The molecule has 4 heteroatoms. The SMILES string of the molecule is CN1CCC(CN(C)CC2CSCCN2)C1. The maximum absolute atomic E-state index is 3.61. The lowest BCUT2D eigenvalue weighted by atomic mass is 10.1. The number of rotatable bonds is 4. The van der Waals surface area contributed by atoms with Gasteiger partial charge in [0.2, 0.25) is 0 Å². The molecule has 2 heterocycles. The molecule has 0 spiro atoms. The van der Waals surface area contributed by atoms with Crippen LogP contribution in [-0.2, 0) is 0 Å². The van der Waals surface area contributed by atoms with Crippen molar-refractivity contribution >= 4 is 11.8 Å². The molecule has 3 nitrogen and oxygen atoms in total. The molecule has 2 atom stereocenters. The number of hydrogen-bond acceptors (Lipinski definition) is 4. The molecule has 0 radical (unpaired) electrons. The molecule has 94 valence electrons. The minimum atomic E-state index is 0.711. The van der Waals surface area contributed by atoms with Gasteiger partial charge in [-0.2, -0.15) is 11.8 Å². The first-order valence-electron chi connectivity index (χ1n) is 6.42. The van der Waals surface area contributed by atoms with E-state index in [0.717, 1.165) is 5.92 Å². The highest BCUT2D eigenvalue weighted by Crippen LogP contribution is 2.16. The normalized spacial score (nSPS) is 32.4. The van der Waals surface area contributed by atoms with Gasteiger partial charge in [0.05, 0.1) is 0 Å². The first-order valence-corrected chi connectivity index (χ1v) is 7.57. The summed E-state index contributed by atoms with van der Waals surface area (Å²) in [5.41, 5.74) is 0. The van der Waals surface area contributed by atoms with Crippen LogP contribution in [0.15, 0.2) is 0 Å². The molecule has 2 rings (SSSR count). The van der Waals surface area contributed by atoms with Gasteiger partial charge in [0, 0.05) is 43.7 Å². The third-order valence-electron chi connectivity index (χ3n) is 3.59. The Morgan fingerprint density at radius 1 is 1.44 bits per heavy atom. The summed E-state index contributed by atoms with van der Waals surface area (Å²) in [6.07, 6.45) is 1.38. The Morgan fingerprint density at radius 2 is 2.31 bits per heavy atom. The van der Waals surface area contributed by atoms with Gasteiger partial charge in [-0.05, 0) is 33.0 Å². The maximum atomic E-state index is 3.61. The molecule has 2 aliphatic heterocycles. The second-order valence-electron chi connectivity index (χ2n) is 5.36. The Labute approximate surface area is 104 Å². The third kappa shape index (κ3) is 3.91. The first kappa shape index (κ1) is 12.7. The molecule has 2 fully saturated rings. The second kappa shape index (κ2) is 6.24. The van der Waals surface area contributed by atoms with E-state index in [1.807, 2.05) is 0 Å². The van der Waals surface area contributed by atoms with Crippen molar-refractivity contribution in [2.24, 2.45) is 5.92 Å². The number of thioether (sulfide) groups is 1. The van der Waals surface area contributed by atoms with Crippen LogP contribution in [0.25, 0.3) is 0 Å². The minimum absolute atomic E-state index is 0.711. The Kier molecular flexibility index (Phi) is 4.95. The molecule has 0 aromatic heterocycles. The lowest BCUT2D eigenvalue weighted by Crippen LogP contribution is -2.46. The predicted octanol–water partition coefficient (Wildman–Crippen LogP) is 0.575. The average Bonchev–Trinajstić information content (AvgIpc) is 2.65. The number of likely N-dealkylation sites (N-methyl/N-ethyl adjacent to an activating group) is 1. The van der Waals surface area contributed by atoms with Crippen LogP contribution in [0.2, 0.25) is 0 Å². The van der Waals surface area contributed by atoms with E-state index in [2.05, 4.69) is 41.0 Å². The van der Waals surface area contributed by atoms with Crippen molar-refractivity contribution in [3.8, 4) is 0 Å². The molecule has 1 N–H and O–H groups in total. The smallest absolute Gasteiger partial charge is 0.0285 e. The second-order valence-corrected chi connectivity index (χ2v) is 6.51. The molecule has 2 aliphatic rings. The summed E-state index contributed by atoms with van der Waals surface area (Å²) in [7, 11) is 4.51. The summed E-state index contributed by atoms with van der Waals surface area (Å²) < 4.78 is 0. The van der Waals surface area contributed by atoms with Crippen LogP contribution in [0.3, 0.4) is 0 Å². The van der Waals surface area contributed by atoms with E-state index in [0.29, 0.717) is 6.04 Å². The Hall–Kier alpha value is 0.230. The molecule has 0 aromatic carbocycles. The predicted molar refractivity (Wildman–Crippen MR) is 72.2 cm³/mol. The average molecular weight is 243 g/mol. The van der Waals surface area contributed by atoms with E-state index in [-0.39, 0.29) is 0 Å². The number of likely N-dealkylation sites (tertiary alicyclic amines) is 1. The minimum Gasteiger partial charge on any atom is -0.311 e. The molecule has 0 aliphatic carbocycles. The quantitative estimate of drug-likeness (QED) is 0.778. The number of nitrogens with zero attached hydrogens (tertiary/aromatic N) is 2. The van der Waals surface area contributed by atoms with Crippen molar-refractivity contribution in [3.05, 3.63) is 0 Å². The van der Waals surface area contributed by atoms with Crippen molar-refractivity contribution in [2.75, 3.05) is 58.3 Å². The van der Waals surface area contributed by atoms with Gasteiger partial charge in [0.15, 0.2) is 0 Å². The largest absolute Gasteiger partial charge is 0.311 e. The van der Waals surface area contributed by atoms with Crippen LogP contribution in [0.1, 0.15) is 6.42 Å². The van der Waals surface area contributed by atoms with E-state index in [1.165, 1.54) is 50.7 Å². The van der Waals surface area contributed by atoms with Crippen molar-refractivity contribution in [2.45, 2.75) is 12.5 Å². The monoisotopic (exact) mass is 243 g/mol. The Balaban J connectivity index is 1.65. The summed E-state index contributed by atoms with van der Waals surface area (Å²) in [6, 6.07) is 0.711. The first-order chi connectivity index (χ1) is 7.74. The van der Waals surface area contributed by atoms with Crippen LogP contribution in [0.5, 0.6) is 0 Å². The number of hydrogen-bond donors (Lipinski definition) is 1. The van der Waals surface area contributed by atoms with Gasteiger partial charge in [-0.15, -0.1) is 0 Å². The lowest BCUT2D eigenvalue weighted by molar-refractivity contribution is 0.253. The van der Waals surface area contributed by atoms with Crippen LogP contribution in [0.4, 0.5) is 0 Å². The number of nitrogens with one attached hydrogen (secondary N) is 1. The Bertz CT molecular complexity index is 200. The topological polar surface area (TPSA) is 18.5 Å². The molecule has 16 heavy (non-hydrogen) atoms. The standard InChI is InChI=1S/C12H25N3S/c1-14-5-3-11(7-14)8-15(2)9-12-10-16-6-4-13-12/h11-13H,3-10H2,1-2H3. The molecule has 2 saturated heterocycles. The van der Waals surface area contributed by atoms with E-state index < -0.39 is 0 Å². The van der Waals surface area contributed by atoms with E-state index >= 15 is 0 Å². The Morgan fingerprint density at radius 3 is 2.94 bits per heavy atom. The molecule has 0 bridgehead atoms. The van der Waals surface area contributed by atoms with Gasteiger partial charge in [0.1, 0.15) is 0 Å². The van der Waals surface area contributed by atoms with Crippen molar-refractivity contribution in [1.82, 2.24) is 15.1 Å². The van der Waals surface area contributed by atoms with Gasteiger partial charge in [-0.25, -0.2) is 0 Å². The molecular weight excluding hydrogens is 218 g/mol. The van der Waals surface area contributed by atoms with Crippen molar-refractivity contribution in [1.29, 1.82) is 0 Å². The van der Waals surface area contributed by atoms with Crippen molar-refractivity contribution < 1.29 is 0 Å². The van der Waals surface area contributed by atoms with Gasteiger partial charge in [0.25, 0.3) is 0 Å². The molecule has 0 saturated carbocycles. The fraction of sp³-hybridized carbons (Fsp3) is 1.00. The molecule has 0 amide bonds. The summed E-state index contributed by atoms with van der Waals surface area (Å²) in [5.74, 6) is 3.47. The third-order valence-corrected chi connectivity index (χ3v) is 4.72. The summed E-state index contributed by atoms with van der Waals surface area (Å²) in [5, 5.41) is 3.61.